The Hall–Kier alpha value is -3.00. The van der Waals surface area contributed by atoms with E-state index in [0.29, 0.717) is 20.4 Å². The molecule has 0 spiro atoms. The molecule has 0 fully saturated rings. The van der Waals surface area contributed by atoms with Gasteiger partial charge in [0.2, 0.25) is 5.60 Å². The van der Waals surface area contributed by atoms with Gasteiger partial charge in [-0.2, -0.15) is 18.3 Å². The van der Waals surface area contributed by atoms with Crippen LogP contribution in [0.15, 0.2) is 23.2 Å². The summed E-state index contributed by atoms with van der Waals surface area (Å²) in [5.41, 5.74) is -3.36. The maximum Gasteiger partial charge on any atom is 0.427 e. The number of hydrogen-bond donors (Lipinski definition) is 1. The summed E-state index contributed by atoms with van der Waals surface area (Å²) in [6, 6.07) is 2.74. The van der Waals surface area contributed by atoms with Crippen molar-refractivity contribution in [1.29, 1.82) is 0 Å². The highest BCUT2D eigenvalue weighted by Gasteiger charge is 2.51. The third-order valence-electron chi connectivity index (χ3n) is 6.22. The number of nitrogens with one attached hydrogen (secondary N) is 1. The first-order valence-electron chi connectivity index (χ1n) is 11.9. The summed E-state index contributed by atoms with van der Waals surface area (Å²) >= 11 is 6.18. The van der Waals surface area contributed by atoms with Gasteiger partial charge in [0.1, 0.15) is 23.0 Å². The van der Waals surface area contributed by atoms with Gasteiger partial charge in [0.05, 0.1) is 12.2 Å². The number of rotatable bonds is 8. The lowest BCUT2D eigenvalue weighted by Gasteiger charge is -2.38. The highest BCUT2D eigenvalue weighted by Crippen LogP contribution is 2.44. The van der Waals surface area contributed by atoms with E-state index in [0.717, 1.165) is 10.6 Å². The lowest BCUT2D eigenvalue weighted by molar-refractivity contribution is -0.242. The number of aromatic nitrogens is 2. The molecule has 1 atom stereocenters. The number of aldehydes is 1. The number of fused-ring (bicyclic) bond motifs is 1. The summed E-state index contributed by atoms with van der Waals surface area (Å²) in [6.07, 6.45) is -4.72. The number of amides is 1. The first kappa shape index (κ1) is 30.5. The minimum Gasteiger partial charge on any atom is -0.486 e. The van der Waals surface area contributed by atoms with Crippen molar-refractivity contribution in [3.63, 3.8) is 0 Å². The molecule has 0 aliphatic carbocycles. The van der Waals surface area contributed by atoms with E-state index >= 15 is 0 Å². The van der Waals surface area contributed by atoms with Crippen molar-refractivity contribution in [3.05, 3.63) is 29.0 Å². The summed E-state index contributed by atoms with van der Waals surface area (Å²) in [5, 5.41) is 6.01. The molecule has 0 saturated carbocycles. The third kappa shape index (κ3) is 6.26. The number of aryl methyl sites for hydroxylation is 1. The molecule has 39 heavy (non-hydrogen) atoms. The Morgan fingerprint density at radius 3 is 2.46 bits per heavy atom. The van der Waals surface area contributed by atoms with Crippen LogP contribution in [0.25, 0.3) is 0 Å². The Morgan fingerprint density at radius 2 is 1.92 bits per heavy atom. The zero-order chi connectivity index (χ0) is 29.6. The Bertz CT molecular complexity index is 1370. The van der Waals surface area contributed by atoms with E-state index in [4.69, 9.17) is 16.3 Å². The molecule has 1 aliphatic rings. The number of hydrogen-bond acceptors (Lipinski definition) is 7. The fourth-order valence-electron chi connectivity index (χ4n) is 3.93. The molecule has 1 aromatic heterocycles. The van der Waals surface area contributed by atoms with Gasteiger partial charge in [-0.3, -0.25) is 14.3 Å². The molecule has 3 rings (SSSR count). The van der Waals surface area contributed by atoms with Gasteiger partial charge in [-0.25, -0.2) is 13.2 Å². The number of carbonyl (C=O) groups excluding carboxylic acids is 2. The van der Waals surface area contributed by atoms with Crippen molar-refractivity contribution in [2.45, 2.75) is 77.3 Å². The average molecular weight is 595 g/mol. The molecule has 1 aliphatic heterocycles. The van der Waals surface area contributed by atoms with Crippen molar-refractivity contribution in [3.8, 4) is 5.75 Å². The highest BCUT2D eigenvalue weighted by atomic mass is 35.5. The van der Waals surface area contributed by atoms with Crippen molar-refractivity contribution in [2.75, 3.05) is 16.2 Å². The standard InChI is InChI=1S/C24H30ClF3N4O6S/c1-7-31-12-18(20(25)30-31)39(35,36)32-11-15(10-22(3,4)13-33)37-17-9-8-16(14(2)19(17)32)29-21(34)38-23(5,6)24(26,27)28/h8-9,12-13,15H,7,10-11H2,1-6H3,(H,29,34)/t15-/m0/s1. The Kier molecular flexibility index (Phi) is 8.24. The molecule has 1 amide bonds. The zero-order valence-corrected chi connectivity index (χ0v) is 23.8. The van der Waals surface area contributed by atoms with Crippen molar-refractivity contribution in [2.24, 2.45) is 5.41 Å². The average Bonchev–Trinajstić information content (AvgIpc) is 3.20. The molecule has 1 aromatic carbocycles. The second-order valence-corrected chi connectivity index (χ2v) is 12.5. The van der Waals surface area contributed by atoms with Gasteiger partial charge in [-0.15, -0.1) is 0 Å². The highest BCUT2D eigenvalue weighted by molar-refractivity contribution is 7.93. The maximum atomic E-state index is 13.9. The van der Waals surface area contributed by atoms with Gasteiger partial charge >= 0.3 is 12.3 Å². The number of halogens is 4. The first-order valence-corrected chi connectivity index (χ1v) is 13.7. The fourth-order valence-corrected chi connectivity index (χ4v) is 5.94. The van der Waals surface area contributed by atoms with Crippen LogP contribution in [-0.2, 0) is 26.1 Å². The number of nitrogens with zero attached hydrogens (tertiary/aromatic N) is 3. The summed E-state index contributed by atoms with van der Waals surface area (Å²) in [5.74, 6) is 0.127. The predicted octanol–water partition coefficient (Wildman–Crippen LogP) is 5.33. The number of alkyl halides is 3. The minimum absolute atomic E-state index is 0.00236. The largest absolute Gasteiger partial charge is 0.486 e. The second kappa shape index (κ2) is 10.5. The van der Waals surface area contributed by atoms with E-state index in [-0.39, 0.29) is 45.7 Å². The van der Waals surface area contributed by atoms with Gasteiger partial charge < -0.3 is 14.3 Å². The Morgan fingerprint density at radius 1 is 1.28 bits per heavy atom. The number of carbonyl (C=O) groups is 2. The van der Waals surface area contributed by atoms with Crippen LogP contribution in [0.4, 0.5) is 29.3 Å². The predicted molar refractivity (Wildman–Crippen MR) is 138 cm³/mol. The zero-order valence-electron chi connectivity index (χ0n) is 22.2. The Labute approximate surface area is 229 Å². The summed E-state index contributed by atoms with van der Waals surface area (Å²) in [7, 11) is -4.35. The van der Waals surface area contributed by atoms with Crippen LogP contribution in [0, 0.1) is 12.3 Å². The monoisotopic (exact) mass is 594 g/mol. The molecule has 1 N–H and O–H groups in total. The van der Waals surface area contributed by atoms with Crippen LogP contribution >= 0.6 is 11.6 Å². The number of benzene rings is 1. The smallest absolute Gasteiger partial charge is 0.427 e. The normalized spacial score (nSPS) is 16.4. The summed E-state index contributed by atoms with van der Waals surface area (Å²) in [4.78, 5) is 23.6. The minimum atomic E-state index is -4.82. The number of anilines is 2. The third-order valence-corrected chi connectivity index (χ3v) is 8.38. The van der Waals surface area contributed by atoms with Crippen LogP contribution < -0.4 is 14.4 Å². The number of sulfonamides is 1. The molecule has 15 heteroatoms. The lowest BCUT2D eigenvalue weighted by atomic mass is 9.88. The van der Waals surface area contributed by atoms with Crippen LogP contribution in [0.3, 0.4) is 0 Å². The van der Waals surface area contributed by atoms with Crippen molar-refractivity contribution in [1.82, 2.24) is 9.78 Å². The van der Waals surface area contributed by atoms with E-state index in [1.807, 2.05) is 0 Å². The van der Waals surface area contributed by atoms with Gasteiger partial charge in [0, 0.05) is 29.4 Å². The quantitative estimate of drug-likeness (QED) is 0.410. The molecular weight excluding hydrogens is 565 g/mol. The molecule has 0 saturated heterocycles. The molecule has 2 aromatic rings. The topological polar surface area (TPSA) is 120 Å². The molecule has 0 bridgehead atoms. The van der Waals surface area contributed by atoms with Gasteiger partial charge in [0.15, 0.2) is 5.15 Å². The van der Waals surface area contributed by atoms with Crippen LogP contribution in [0.2, 0.25) is 5.15 Å². The van der Waals surface area contributed by atoms with E-state index in [2.05, 4.69) is 15.2 Å². The van der Waals surface area contributed by atoms with E-state index in [1.165, 1.54) is 29.9 Å². The molecule has 0 unspecified atom stereocenters. The van der Waals surface area contributed by atoms with Crippen molar-refractivity contribution >= 4 is 45.4 Å². The maximum absolute atomic E-state index is 13.9. The number of ether oxygens (including phenoxy) is 2. The summed E-state index contributed by atoms with van der Waals surface area (Å²) < 4.78 is 80.4. The van der Waals surface area contributed by atoms with Crippen molar-refractivity contribution < 1.29 is 40.7 Å². The molecule has 216 valence electrons. The van der Waals surface area contributed by atoms with Crippen LogP contribution in [-0.4, -0.2) is 55.0 Å². The fraction of sp³-hybridized carbons (Fsp3) is 0.542. The molecule has 0 radical (unpaired) electrons. The van der Waals surface area contributed by atoms with Crippen LogP contribution in [0.1, 0.15) is 46.6 Å². The van der Waals surface area contributed by atoms with E-state index < -0.39 is 39.4 Å². The van der Waals surface area contributed by atoms with Gasteiger partial charge in [0.25, 0.3) is 10.0 Å². The lowest BCUT2D eigenvalue weighted by Crippen LogP contribution is -2.46. The van der Waals surface area contributed by atoms with E-state index in [9.17, 15) is 31.2 Å². The summed E-state index contributed by atoms with van der Waals surface area (Å²) in [6.45, 7) is 8.15. The first-order chi connectivity index (χ1) is 17.8. The molecule has 10 nitrogen and oxygen atoms in total. The van der Waals surface area contributed by atoms with Gasteiger partial charge in [-0.05, 0) is 46.2 Å². The second-order valence-electron chi connectivity index (χ2n) is 10.3. The van der Waals surface area contributed by atoms with Gasteiger partial charge in [-0.1, -0.05) is 25.4 Å². The molecule has 2 heterocycles. The Balaban J connectivity index is 2.08. The van der Waals surface area contributed by atoms with E-state index in [1.54, 1.807) is 20.8 Å². The van der Waals surface area contributed by atoms with Crippen LogP contribution in [0.5, 0.6) is 5.75 Å². The molecular formula is C24H30ClF3N4O6S. The SMILES string of the molecule is CCn1cc(S(=O)(=O)N2C[C@H](CC(C)(C)C=O)Oc3ccc(NC(=O)OC(C)(C)C(F)(F)F)c(C)c32)c(Cl)n1.